The van der Waals surface area contributed by atoms with E-state index in [4.69, 9.17) is 10.5 Å². The summed E-state index contributed by atoms with van der Waals surface area (Å²) in [7, 11) is 1.64. The molecule has 0 aliphatic carbocycles. The highest BCUT2D eigenvalue weighted by atomic mass is 32.2. The molecule has 0 aliphatic rings. The van der Waals surface area contributed by atoms with Crippen LogP contribution in [-0.2, 0) is 0 Å². The second kappa shape index (κ2) is 5.39. The Kier molecular flexibility index (Phi) is 4.45. The average Bonchev–Trinajstić information content (AvgIpc) is 2.27. The Hall–Kier alpha value is -0.710. The van der Waals surface area contributed by atoms with Gasteiger partial charge in [-0.25, -0.2) is 0 Å². The monoisotopic (exact) mass is 227 g/mol. The molecule has 1 aromatic carbocycles. The van der Waals surface area contributed by atoms with Gasteiger partial charge in [-0.3, -0.25) is 0 Å². The zero-order valence-electron chi connectivity index (χ0n) is 9.06. The molecule has 0 radical (unpaired) electrons. The fraction of sp³-hybridized carbons (Fsp3) is 0.455. The molecule has 4 heteroatoms. The van der Waals surface area contributed by atoms with Crippen LogP contribution in [0.25, 0.3) is 0 Å². The molecule has 0 aromatic heterocycles. The molecule has 0 spiro atoms. The van der Waals surface area contributed by atoms with E-state index >= 15 is 0 Å². The fourth-order valence-electron chi connectivity index (χ4n) is 1.03. The summed E-state index contributed by atoms with van der Waals surface area (Å²) in [5.41, 5.74) is 4.62. The van der Waals surface area contributed by atoms with Crippen LogP contribution in [0, 0.1) is 0 Å². The van der Waals surface area contributed by atoms with E-state index in [1.54, 1.807) is 25.8 Å². The first-order chi connectivity index (χ1) is 7.09. The van der Waals surface area contributed by atoms with Gasteiger partial charge in [0.1, 0.15) is 5.75 Å². The summed E-state index contributed by atoms with van der Waals surface area (Å²) in [6.45, 7) is 1.99. The van der Waals surface area contributed by atoms with E-state index in [1.807, 2.05) is 24.3 Å². The molecule has 0 fully saturated rings. The van der Waals surface area contributed by atoms with Crippen molar-refractivity contribution in [3.63, 3.8) is 0 Å². The summed E-state index contributed by atoms with van der Waals surface area (Å²) in [5.74, 6) is 1.39. The van der Waals surface area contributed by atoms with E-state index in [1.165, 1.54) is 0 Å². The Morgan fingerprint density at radius 2 is 2.13 bits per heavy atom. The van der Waals surface area contributed by atoms with Gasteiger partial charge in [0.15, 0.2) is 0 Å². The highest BCUT2D eigenvalue weighted by molar-refractivity contribution is 7.99. The molecular formula is C11H17NO2S. The predicted molar refractivity (Wildman–Crippen MR) is 63.4 cm³/mol. The number of ether oxygens (including phenoxy) is 1. The van der Waals surface area contributed by atoms with Crippen LogP contribution in [0.15, 0.2) is 29.2 Å². The zero-order valence-corrected chi connectivity index (χ0v) is 9.88. The lowest BCUT2D eigenvalue weighted by Crippen LogP contribution is -2.36. The zero-order chi connectivity index (χ0) is 11.3. The van der Waals surface area contributed by atoms with Gasteiger partial charge < -0.3 is 15.6 Å². The van der Waals surface area contributed by atoms with E-state index in [0.29, 0.717) is 5.75 Å². The standard InChI is InChI=1S/C11H17NO2S/c1-11(13,7-12)8-15-10-6-4-3-5-9(10)14-2/h3-6,13H,7-8,12H2,1-2H3. The molecule has 0 saturated carbocycles. The maximum absolute atomic E-state index is 9.76. The third-order valence-corrected chi connectivity index (χ3v) is 3.46. The van der Waals surface area contributed by atoms with Gasteiger partial charge >= 0.3 is 0 Å². The first-order valence-electron chi connectivity index (χ1n) is 4.77. The molecule has 84 valence electrons. The number of aliphatic hydroxyl groups is 1. The van der Waals surface area contributed by atoms with Gasteiger partial charge in [-0.05, 0) is 19.1 Å². The molecule has 0 amide bonds. The van der Waals surface area contributed by atoms with Crippen LogP contribution >= 0.6 is 11.8 Å². The Labute approximate surface area is 94.6 Å². The van der Waals surface area contributed by atoms with E-state index in [0.717, 1.165) is 10.6 Å². The lowest BCUT2D eigenvalue weighted by Gasteiger charge is -2.20. The Morgan fingerprint density at radius 3 is 2.73 bits per heavy atom. The molecule has 15 heavy (non-hydrogen) atoms. The Balaban J connectivity index is 2.65. The number of thioether (sulfide) groups is 1. The molecule has 0 saturated heterocycles. The van der Waals surface area contributed by atoms with Crippen LogP contribution in [0.2, 0.25) is 0 Å². The van der Waals surface area contributed by atoms with Crippen molar-refractivity contribution < 1.29 is 9.84 Å². The van der Waals surface area contributed by atoms with Crippen molar-refractivity contribution in [3.8, 4) is 5.75 Å². The minimum Gasteiger partial charge on any atom is -0.496 e. The number of rotatable bonds is 5. The van der Waals surface area contributed by atoms with Crippen LogP contribution in [0.4, 0.5) is 0 Å². The molecule has 0 aliphatic heterocycles. The number of benzene rings is 1. The van der Waals surface area contributed by atoms with Gasteiger partial charge in [0.05, 0.1) is 12.7 Å². The van der Waals surface area contributed by atoms with Crippen molar-refractivity contribution in [3.05, 3.63) is 24.3 Å². The van der Waals surface area contributed by atoms with Crippen molar-refractivity contribution in [2.24, 2.45) is 5.73 Å². The molecule has 0 bridgehead atoms. The molecular weight excluding hydrogens is 210 g/mol. The number of nitrogens with two attached hydrogens (primary N) is 1. The van der Waals surface area contributed by atoms with E-state index in [2.05, 4.69) is 0 Å². The lowest BCUT2D eigenvalue weighted by molar-refractivity contribution is 0.0949. The SMILES string of the molecule is COc1ccccc1SCC(C)(O)CN. The summed E-state index contributed by atoms with van der Waals surface area (Å²) in [5, 5.41) is 9.76. The lowest BCUT2D eigenvalue weighted by atomic mass is 10.1. The fourth-order valence-corrected chi connectivity index (χ4v) is 2.08. The smallest absolute Gasteiger partial charge is 0.132 e. The van der Waals surface area contributed by atoms with Gasteiger partial charge in [0.2, 0.25) is 0 Å². The summed E-state index contributed by atoms with van der Waals surface area (Å²) in [6, 6.07) is 7.74. The molecule has 3 N–H and O–H groups in total. The second-order valence-electron chi connectivity index (χ2n) is 3.64. The number of methoxy groups -OCH3 is 1. The highest BCUT2D eigenvalue weighted by Crippen LogP contribution is 2.30. The maximum atomic E-state index is 9.76. The van der Waals surface area contributed by atoms with Crippen LogP contribution < -0.4 is 10.5 Å². The van der Waals surface area contributed by atoms with Crippen molar-refractivity contribution in [2.75, 3.05) is 19.4 Å². The third-order valence-electron chi connectivity index (χ3n) is 2.05. The van der Waals surface area contributed by atoms with Gasteiger partial charge in [0.25, 0.3) is 0 Å². The van der Waals surface area contributed by atoms with Crippen LogP contribution in [0.1, 0.15) is 6.92 Å². The van der Waals surface area contributed by atoms with Crippen molar-refractivity contribution in [1.29, 1.82) is 0 Å². The first kappa shape index (κ1) is 12.4. The minimum atomic E-state index is -0.828. The van der Waals surface area contributed by atoms with Gasteiger partial charge in [-0.15, -0.1) is 11.8 Å². The van der Waals surface area contributed by atoms with E-state index in [-0.39, 0.29) is 6.54 Å². The predicted octanol–water partition coefficient (Wildman–Crippen LogP) is 1.50. The van der Waals surface area contributed by atoms with Crippen LogP contribution in [0.3, 0.4) is 0 Å². The van der Waals surface area contributed by atoms with Gasteiger partial charge in [0, 0.05) is 17.2 Å². The van der Waals surface area contributed by atoms with Gasteiger partial charge in [-0.1, -0.05) is 12.1 Å². The number of hydrogen-bond donors (Lipinski definition) is 2. The summed E-state index contributed by atoms with van der Waals surface area (Å²) in [4.78, 5) is 1.02. The number of hydrogen-bond acceptors (Lipinski definition) is 4. The molecule has 1 aromatic rings. The van der Waals surface area contributed by atoms with Crippen molar-refractivity contribution in [2.45, 2.75) is 17.4 Å². The molecule has 3 nitrogen and oxygen atoms in total. The molecule has 1 atom stereocenters. The maximum Gasteiger partial charge on any atom is 0.132 e. The summed E-state index contributed by atoms with van der Waals surface area (Å²) >= 11 is 1.55. The normalized spacial score (nSPS) is 14.7. The number of para-hydroxylation sites is 1. The molecule has 1 unspecified atom stereocenters. The Bertz CT molecular complexity index is 315. The second-order valence-corrected chi connectivity index (χ2v) is 4.66. The Morgan fingerprint density at radius 1 is 1.47 bits per heavy atom. The van der Waals surface area contributed by atoms with E-state index < -0.39 is 5.60 Å². The topological polar surface area (TPSA) is 55.5 Å². The quantitative estimate of drug-likeness (QED) is 0.748. The molecule has 0 heterocycles. The van der Waals surface area contributed by atoms with Crippen LogP contribution in [0.5, 0.6) is 5.75 Å². The highest BCUT2D eigenvalue weighted by Gasteiger charge is 2.18. The average molecular weight is 227 g/mol. The summed E-state index contributed by atoms with van der Waals surface area (Å²) in [6.07, 6.45) is 0. The summed E-state index contributed by atoms with van der Waals surface area (Å²) < 4.78 is 5.21. The van der Waals surface area contributed by atoms with E-state index in [9.17, 15) is 5.11 Å². The van der Waals surface area contributed by atoms with Crippen molar-refractivity contribution >= 4 is 11.8 Å². The first-order valence-corrected chi connectivity index (χ1v) is 5.76. The largest absolute Gasteiger partial charge is 0.496 e. The molecule has 1 rings (SSSR count). The van der Waals surface area contributed by atoms with Gasteiger partial charge in [-0.2, -0.15) is 0 Å². The van der Waals surface area contributed by atoms with Crippen LogP contribution in [-0.4, -0.2) is 30.1 Å². The van der Waals surface area contributed by atoms with Crippen molar-refractivity contribution in [1.82, 2.24) is 0 Å². The third kappa shape index (κ3) is 3.74. The minimum absolute atomic E-state index is 0.259.